The minimum Gasteiger partial charge on any atom is -0.361 e. The second kappa shape index (κ2) is 4.31. The van der Waals surface area contributed by atoms with E-state index in [1.807, 2.05) is 24.5 Å². The van der Waals surface area contributed by atoms with Gasteiger partial charge in [0.15, 0.2) is 4.77 Å². The minimum atomic E-state index is -0.305. The van der Waals surface area contributed by atoms with E-state index in [2.05, 4.69) is 10.1 Å². The van der Waals surface area contributed by atoms with Gasteiger partial charge in [-0.1, -0.05) is 11.2 Å². The number of rotatable bonds is 2. The second-order valence-electron chi connectivity index (χ2n) is 4.45. The van der Waals surface area contributed by atoms with Gasteiger partial charge >= 0.3 is 0 Å². The van der Waals surface area contributed by atoms with Crippen molar-refractivity contribution in [2.75, 3.05) is 0 Å². The average Bonchev–Trinajstić information content (AvgIpc) is 2.86. The van der Waals surface area contributed by atoms with Gasteiger partial charge in [-0.05, 0) is 38.2 Å². The van der Waals surface area contributed by atoms with Crippen LogP contribution in [0.25, 0.3) is 11.0 Å². The highest BCUT2D eigenvalue weighted by molar-refractivity contribution is 7.71. The van der Waals surface area contributed by atoms with Crippen molar-refractivity contribution in [3.8, 4) is 0 Å². The highest BCUT2D eigenvalue weighted by atomic mass is 32.1. The first-order chi connectivity index (χ1) is 9.08. The third-order valence-electron chi connectivity index (χ3n) is 3.26. The summed E-state index contributed by atoms with van der Waals surface area (Å²) in [6.45, 7) is 4.25. The van der Waals surface area contributed by atoms with Gasteiger partial charge in [-0.3, -0.25) is 0 Å². The number of nitrogens with zero attached hydrogens (tertiary/aromatic N) is 2. The fraction of sp³-hybridized carbons (Fsp3) is 0.231. The number of fused-ring (bicyclic) bond motifs is 1. The van der Waals surface area contributed by atoms with Gasteiger partial charge in [-0.15, -0.1) is 0 Å². The van der Waals surface area contributed by atoms with E-state index in [1.165, 1.54) is 6.07 Å². The molecule has 2 heterocycles. The van der Waals surface area contributed by atoms with Crippen molar-refractivity contribution in [1.29, 1.82) is 0 Å². The SMILES string of the molecule is Cc1noc(C)c1Cn1c(=S)[nH]c2c(F)cccc21. The van der Waals surface area contributed by atoms with Crippen LogP contribution < -0.4 is 0 Å². The Labute approximate surface area is 113 Å². The summed E-state index contributed by atoms with van der Waals surface area (Å²) in [5.41, 5.74) is 2.97. The van der Waals surface area contributed by atoms with E-state index in [0.717, 1.165) is 22.5 Å². The van der Waals surface area contributed by atoms with Gasteiger partial charge in [-0.25, -0.2) is 4.39 Å². The molecule has 0 spiro atoms. The number of imidazole rings is 1. The van der Waals surface area contributed by atoms with Gasteiger partial charge in [0, 0.05) is 5.56 Å². The molecule has 98 valence electrons. The van der Waals surface area contributed by atoms with Crippen molar-refractivity contribution in [2.45, 2.75) is 20.4 Å². The number of nitrogens with one attached hydrogen (secondary N) is 1. The number of para-hydroxylation sites is 1. The van der Waals surface area contributed by atoms with E-state index in [4.69, 9.17) is 16.7 Å². The summed E-state index contributed by atoms with van der Waals surface area (Å²) in [7, 11) is 0. The van der Waals surface area contributed by atoms with Gasteiger partial charge in [0.1, 0.15) is 17.1 Å². The fourth-order valence-electron chi connectivity index (χ4n) is 2.19. The Morgan fingerprint density at radius 2 is 2.21 bits per heavy atom. The predicted molar refractivity (Wildman–Crippen MR) is 72.2 cm³/mol. The summed E-state index contributed by atoms with van der Waals surface area (Å²) in [6, 6.07) is 4.92. The molecule has 1 aromatic carbocycles. The van der Waals surface area contributed by atoms with Gasteiger partial charge in [0.05, 0.1) is 17.8 Å². The zero-order valence-corrected chi connectivity index (χ0v) is 11.3. The predicted octanol–water partition coefficient (Wildman–Crippen LogP) is 3.49. The Hall–Kier alpha value is -1.95. The van der Waals surface area contributed by atoms with Gasteiger partial charge in [-0.2, -0.15) is 0 Å². The molecule has 2 aromatic heterocycles. The summed E-state index contributed by atoms with van der Waals surface area (Å²) in [6.07, 6.45) is 0. The number of halogens is 1. The largest absolute Gasteiger partial charge is 0.361 e. The number of H-pyrrole nitrogens is 1. The standard InChI is InChI=1S/C13H12FN3OS/c1-7-9(8(2)18-16-7)6-17-11-5-3-4-10(14)12(11)15-13(17)19/h3-5H,6H2,1-2H3,(H,15,19). The van der Waals surface area contributed by atoms with Crippen LogP contribution >= 0.6 is 12.2 Å². The third-order valence-corrected chi connectivity index (χ3v) is 3.58. The molecule has 6 heteroatoms. The van der Waals surface area contributed by atoms with Gasteiger partial charge in [0.25, 0.3) is 0 Å². The molecule has 0 aliphatic carbocycles. The van der Waals surface area contributed by atoms with Crippen molar-refractivity contribution < 1.29 is 8.91 Å². The second-order valence-corrected chi connectivity index (χ2v) is 4.84. The third kappa shape index (κ3) is 1.88. The average molecular weight is 277 g/mol. The quantitative estimate of drug-likeness (QED) is 0.729. The van der Waals surface area contributed by atoms with E-state index in [9.17, 15) is 4.39 Å². The summed E-state index contributed by atoms with van der Waals surface area (Å²) in [5.74, 6) is 0.450. The number of benzene rings is 1. The molecular weight excluding hydrogens is 265 g/mol. The Morgan fingerprint density at radius 3 is 2.89 bits per heavy atom. The van der Waals surface area contributed by atoms with Crippen LogP contribution in [0, 0.1) is 24.4 Å². The number of hydrogen-bond donors (Lipinski definition) is 1. The molecule has 3 aromatic rings. The fourth-order valence-corrected chi connectivity index (χ4v) is 2.45. The molecule has 4 nitrogen and oxygen atoms in total. The van der Waals surface area contributed by atoms with E-state index in [0.29, 0.717) is 16.8 Å². The van der Waals surface area contributed by atoms with E-state index in [-0.39, 0.29) is 5.82 Å². The first kappa shape index (κ1) is 12.1. The molecule has 0 unspecified atom stereocenters. The van der Waals surface area contributed by atoms with Crippen LogP contribution in [0.2, 0.25) is 0 Å². The minimum absolute atomic E-state index is 0.305. The molecule has 0 atom stereocenters. The van der Waals surface area contributed by atoms with Crippen molar-refractivity contribution in [3.63, 3.8) is 0 Å². The van der Waals surface area contributed by atoms with Crippen molar-refractivity contribution in [3.05, 3.63) is 45.8 Å². The lowest BCUT2D eigenvalue weighted by molar-refractivity contribution is 0.392. The van der Waals surface area contributed by atoms with Crippen molar-refractivity contribution in [2.24, 2.45) is 0 Å². The highest BCUT2D eigenvalue weighted by Gasteiger charge is 2.13. The van der Waals surface area contributed by atoms with E-state index < -0.39 is 0 Å². The molecular formula is C13H12FN3OS. The summed E-state index contributed by atoms with van der Waals surface area (Å²) >= 11 is 5.26. The van der Waals surface area contributed by atoms with Gasteiger partial charge in [0.2, 0.25) is 0 Å². The normalized spacial score (nSPS) is 11.3. The Morgan fingerprint density at radius 1 is 1.42 bits per heavy atom. The van der Waals surface area contributed by atoms with Crippen LogP contribution in [0.5, 0.6) is 0 Å². The Kier molecular flexibility index (Phi) is 2.74. The molecule has 0 amide bonds. The van der Waals surface area contributed by atoms with Crippen molar-refractivity contribution >= 4 is 23.3 Å². The molecule has 19 heavy (non-hydrogen) atoms. The molecule has 0 fully saturated rings. The molecule has 0 aliphatic heterocycles. The summed E-state index contributed by atoms with van der Waals surface area (Å²) < 4.78 is 21.2. The van der Waals surface area contributed by atoms with E-state index in [1.54, 1.807) is 6.07 Å². The lowest BCUT2D eigenvalue weighted by Crippen LogP contribution is -2.01. The number of aromatic amines is 1. The number of hydrogen-bond acceptors (Lipinski definition) is 3. The Balaban J connectivity index is 2.19. The monoisotopic (exact) mass is 277 g/mol. The van der Waals surface area contributed by atoms with E-state index >= 15 is 0 Å². The zero-order valence-electron chi connectivity index (χ0n) is 10.5. The molecule has 0 saturated heterocycles. The van der Waals surface area contributed by atoms with Crippen LogP contribution in [-0.4, -0.2) is 14.7 Å². The van der Waals surface area contributed by atoms with Crippen LogP contribution in [0.1, 0.15) is 17.0 Å². The maximum absolute atomic E-state index is 13.7. The molecule has 1 N–H and O–H groups in total. The smallest absolute Gasteiger partial charge is 0.178 e. The molecule has 0 radical (unpaired) electrons. The molecule has 3 rings (SSSR count). The molecule has 0 aliphatic rings. The summed E-state index contributed by atoms with van der Waals surface area (Å²) in [5, 5.41) is 3.92. The summed E-state index contributed by atoms with van der Waals surface area (Å²) in [4.78, 5) is 2.90. The lowest BCUT2D eigenvalue weighted by atomic mass is 10.2. The number of aryl methyl sites for hydroxylation is 2. The van der Waals surface area contributed by atoms with Crippen LogP contribution in [0.4, 0.5) is 4.39 Å². The Bertz CT molecular complexity index is 796. The zero-order chi connectivity index (χ0) is 13.6. The topological polar surface area (TPSA) is 46.8 Å². The maximum Gasteiger partial charge on any atom is 0.178 e. The molecule has 0 bridgehead atoms. The van der Waals surface area contributed by atoms with Gasteiger partial charge < -0.3 is 14.1 Å². The first-order valence-corrected chi connectivity index (χ1v) is 6.27. The molecule has 0 saturated carbocycles. The van der Waals surface area contributed by atoms with Crippen molar-refractivity contribution in [1.82, 2.24) is 14.7 Å². The van der Waals surface area contributed by atoms with Crippen LogP contribution in [0.3, 0.4) is 0 Å². The maximum atomic E-state index is 13.7. The van der Waals surface area contributed by atoms with Crippen LogP contribution in [-0.2, 0) is 6.54 Å². The lowest BCUT2D eigenvalue weighted by Gasteiger charge is -2.04. The first-order valence-electron chi connectivity index (χ1n) is 5.86. The number of aromatic nitrogens is 3. The highest BCUT2D eigenvalue weighted by Crippen LogP contribution is 2.21. The van der Waals surface area contributed by atoms with Crippen LogP contribution in [0.15, 0.2) is 22.7 Å².